The summed E-state index contributed by atoms with van der Waals surface area (Å²) in [4.78, 5) is 14.9. The molecule has 1 amide bonds. The van der Waals surface area contributed by atoms with E-state index in [9.17, 15) is 4.79 Å². The van der Waals surface area contributed by atoms with E-state index in [4.69, 9.17) is 4.74 Å². The molecule has 4 rings (SSSR count). The lowest BCUT2D eigenvalue weighted by Crippen LogP contribution is -2.40. The summed E-state index contributed by atoms with van der Waals surface area (Å²) in [6.07, 6.45) is 2.90. The number of carbonyl (C=O) groups excluding carboxylic acids is 1. The van der Waals surface area contributed by atoms with E-state index in [1.54, 1.807) is 0 Å². The average Bonchev–Trinajstić information content (AvgIpc) is 2.86. The third-order valence-corrected chi connectivity index (χ3v) is 6.37. The van der Waals surface area contributed by atoms with Crippen molar-refractivity contribution in [3.63, 3.8) is 0 Å². The molecule has 0 fully saturated rings. The molecule has 0 saturated heterocycles. The van der Waals surface area contributed by atoms with Gasteiger partial charge in [0.25, 0.3) is 0 Å². The van der Waals surface area contributed by atoms with Crippen LogP contribution in [0.2, 0.25) is 0 Å². The largest absolute Gasteiger partial charge is 0.494 e. The molecular formula is C29H34N2O2. The molecule has 0 atom stereocenters. The number of carbonyl (C=O) groups is 1. The average molecular weight is 443 g/mol. The highest BCUT2D eigenvalue weighted by Gasteiger charge is 2.21. The highest BCUT2D eigenvalue weighted by molar-refractivity contribution is 5.78. The Morgan fingerprint density at radius 2 is 1.67 bits per heavy atom. The third kappa shape index (κ3) is 6.23. The second kappa shape index (κ2) is 11.7. The zero-order valence-corrected chi connectivity index (χ0v) is 19.5. The Labute approximate surface area is 197 Å². The fraction of sp³-hybridized carbons (Fsp3) is 0.345. The first kappa shape index (κ1) is 23.1. The molecule has 172 valence electrons. The van der Waals surface area contributed by atoms with Gasteiger partial charge in [0.2, 0.25) is 5.91 Å². The number of nitrogens with one attached hydrogen (secondary N) is 1. The lowest BCUT2D eigenvalue weighted by molar-refractivity contribution is -0.122. The molecule has 33 heavy (non-hydrogen) atoms. The van der Waals surface area contributed by atoms with Crippen LogP contribution in [0.15, 0.2) is 78.9 Å². The Morgan fingerprint density at radius 1 is 0.970 bits per heavy atom. The van der Waals surface area contributed by atoms with Gasteiger partial charge >= 0.3 is 0 Å². The molecule has 0 saturated carbocycles. The minimum atomic E-state index is 0.100. The van der Waals surface area contributed by atoms with Crippen molar-refractivity contribution in [2.75, 3.05) is 26.2 Å². The van der Waals surface area contributed by atoms with E-state index >= 15 is 0 Å². The van der Waals surface area contributed by atoms with Gasteiger partial charge in [-0.2, -0.15) is 0 Å². The minimum absolute atomic E-state index is 0.100. The number of fused-ring (bicyclic) bond motifs is 1. The van der Waals surface area contributed by atoms with Gasteiger partial charge in [-0.25, -0.2) is 0 Å². The van der Waals surface area contributed by atoms with Gasteiger partial charge < -0.3 is 10.1 Å². The number of rotatable bonds is 10. The quantitative estimate of drug-likeness (QED) is 0.440. The summed E-state index contributed by atoms with van der Waals surface area (Å²) in [5.41, 5.74) is 5.22. The molecule has 3 aromatic carbocycles. The summed E-state index contributed by atoms with van der Waals surface area (Å²) in [7, 11) is 0. The monoisotopic (exact) mass is 442 g/mol. The van der Waals surface area contributed by atoms with Gasteiger partial charge in [-0.05, 0) is 48.9 Å². The number of hydrogen-bond acceptors (Lipinski definition) is 3. The summed E-state index contributed by atoms with van der Waals surface area (Å²) in [5.74, 6) is 1.40. The first-order valence-electron chi connectivity index (χ1n) is 12.1. The van der Waals surface area contributed by atoms with Crippen molar-refractivity contribution in [2.24, 2.45) is 0 Å². The van der Waals surface area contributed by atoms with Crippen molar-refractivity contribution in [2.45, 2.75) is 38.6 Å². The highest BCUT2D eigenvalue weighted by Crippen LogP contribution is 2.29. The maximum absolute atomic E-state index is 12.6. The molecular weight excluding hydrogens is 408 g/mol. The molecule has 1 N–H and O–H groups in total. The Balaban J connectivity index is 1.27. The van der Waals surface area contributed by atoms with Crippen LogP contribution in [0.3, 0.4) is 0 Å². The summed E-state index contributed by atoms with van der Waals surface area (Å²) >= 11 is 0. The summed E-state index contributed by atoms with van der Waals surface area (Å²) in [6, 6.07) is 27.6. The maximum Gasteiger partial charge on any atom is 0.234 e. The zero-order valence-electron chi connectivity index (χ0n) is 19.5. The first-order chi connectivity index (χ1) is 16.2. The molecule has 0 bridgehead atoms. The molecule has 1 heterocycles. The van der Waals surface area contributed by atoms with Crippen LogP contribution in [0.4, 0.5) is 0 Å². The molecule has 3 aromatic rings. The van der Waals surface area contributed by atoms with Gasteiger partial charge in [0.15, 0.2) is 0 Å². The smallest absolute Gasteiger partial charge is 0.234 e. The van der Waals surface area contributed by atoms with Crippen molar-refractivity contribution >= 4 is 5.91 Å². The lowest BCUT2D eigenvalue weighted by Gasteiger charge is -2.29. The van der Waals surface area contributed by atoms with E-state index in [0.29, 0.717) is 25.6 Å². The van der Waals surface area contributed by atoms with Gasteiger partial charge in [0.05, 0.1) is 13.2 Å². The van der Waals surface area contributed by atoms with Crippen molar-refractivity contribution in [3.05, 3.63) is 101 Å². The Morgan fingerprint density at radius 3 is 2.33 bits per heavy atom. The lowest BCUT2D eigenvalue weighted by atomic mass is 9.87. The third-order valence-electron chi connectivity index (χ3n) is 6.37. The Kier molecular flexibility index (Phi) is 8.15. The van der Waals surface area contributed by atoms with E-state index < -0.39 is 0 Å². The van der Waals surface area contributed by atoms with Crippen LogP contribution >= 0.6 is 0 Å². The van der Waals surface area contributed by atoms with Gasteiger partial charge in [0, 0.05) is 31.1 Å². The summed E-state index contributed by atoms with van der Waals surface area (Å²) in [5, 5.41) is 3.14. The van der Waals surface area contributed by atoms with E-state index in [1.165, 1.54) is 22.3 Å². The molecule has 0 aromatic heterocycles. The van der Waals surface area contributed by atoms with Gasteiger partial charge in [-0.1, -0.05) is 72.8 Å². The van der Waals surface area contributed by atoms with Crippen LogP contribution in [-0.2, 0) is 17.8 Å². The summed E-state index contributed by atoms with van der Waals surface area (Å²) in [6.45, 7) is 5.46. The molecule has 1 aliphatic heterocycles. The number of hydrogen-bond donors (Lipinski definition) is 1. The van der Waals surface area contributed by atoms with Crippen molar-refractivity contribution in [1.29, 1.82) is 0 Å². The number of amides is 1. The van der Waals surface area contributed by atoms with Crippen LogP contribution < -0.4 is 10.1 Å². The number of nitrogens with zero attached hydrogens (tertiary/aromatic N) is 1. The maximum atomic E-state index is 12.6. The van der Waals surface area contributed by atoms with Crippen molar-refractivity contribution < 1.29 is 9.53 Å². The fourth-order valence-electron chi connectivity index (χ4n) is 4.72. The van der Waals surface area contributed by atoms with Crippen LogP contribution in [0.25, 0.3) is 0 Å². The predicted octanol–water partition coefficient (Wildman–Crippen LogP) is 5.17. The highest BCUT2D eigenvalue weighted by atomic mass is 16.5. The van der Waals surface area contributed by atoms with Crippen molar-refractivity contribution in [1.82, 2.24) is 10.2 Å². The normalized spacial score (nSPS) is 13.5. The minimum Gasteiger partial charge on any atom is -0.494 e. The van der Waals surface area contributed by atoms with Crippen molar-refractivity contribution in [3.8, 4) is 5.75 Å². The Bertz CT molecular complexity index is 981. The van der Waals surface area contributed by atoms with Crippen LogP contribution in [-0.4, -0.2) is 37.0 Å². The number of ether oxygens (including phenoxy) is 1. The molecule has 4 nitrogen and oxygen atoms in total. The van der Waals surface area contributed by atoms with Gasteiger partial charge in [-0.3, -0.25) is 9.69 Å². The molecule has 0 spiro atoms. The van der Waals surface area contributed by atoms with Crippen LogP contribution in [0.5, 0.6) is 5.75 Å². The van der Waals surface area contributed by atoms with Crippen LogP contribution in [0, 0.1) is 0 Å². The standard InChI is InChI=1S/C29H34N2O2/c1-2-33-28-17-9-15-25-18-20-31(21-27(25)28)22-29(32)30-19-10-16-26(23-11-5-3-6-12-23)24-13-7-4-8-14-24/h3-9,11-15,17,26H,2,10,16,18-22H2,1H3,(H,30,32). The van der Waals surface area contributed by atoms with E-state index in [2.05, 4.69) is 83.0 Å². The molecule has 0 unspecified atom stereocenters. The SMILES string of the molecule is CCOc1cccc2c1CN(CC(=O)NCCCC(c1ccccc1)c1ccccc1)CC2. The van der Waals surface area contributed by atoms with E-state index in [1.807, 2.05) is 13.0 Å². The molecule has 0 aliphatic carbocycles. The summed E-state index contributed by atoms with van der Waals surface area (Å²) < 4.78 is 5.81. The van der Waals surface area contributed by atoms with Gasteiger partial charge in [0.1, 0.15) is 5.75 Å². The molecule has 0 radical (unpaired) electrons. The van der Waals surface area contributed by atoms with E-state index in [0.717, 1.165) is 38.1 Å². The zero-order chi connectivity index (χ0) is 22.9. The predicted molar refractivity (Wildman–Crippen MR) is 134 cm³/mol. The van der Waals surface area contributed by atoms with Crippen LogP contribution in [0.1, 0.15) is 47.9 Å². The topological polar surface area (TPSA) is 41.6 Å². The first-order valence-corrected chi connectivity index (χ1v) is 12.1. The Hall–Kier alpha value is -3.11. The van der Waals surface area contributed by atoms with Gasteiger partial charge in [-0.15, -0.1) is 0 Å². The second-order valence-corrected chi connectivity index (χ2v) is 8.65. The van der Waals surface area contributed by atoms with E-state index in [-0.39, 0.29) is 5.91 Å². The molecule has 1 aliphatic rings. The molecule has 4 heteroatoms. The number of benzene rings is 3. The second-order valence-electron chi connectivity index (χ2n) is 8.65. The fourth-order valence-corrected chi connectivity index (χ4v) is 4.72.